The Morgan fingerprint density at radius 3 is 1.94 bits per heavy atom. The first-order chi connectivity index (χ1) is 31.9. The molecule has 0 spiro atoms. The Kier molecular flexibility index (Phi) is 21.7. The van der Waals surface area contributed by atoms with E-state index in [1.807, 2.05) is 0 Å². The zero-order chi connectivity index (χ0) is 45.5. The molecule has 4 aliphatic rings. The maximum absolute atomic E-state index is 13.6. The number of rotatable bonds is 29. The Balaban J connectivity index is 0.965. The van der Waals surface area contributed by atoms with Gasteiger partial charge in [-0.2, -0.15) is 0 Å². The van der Waals surface area contributed by atoms with E-state index in [2.05, 4.69) is 75.1 Å². The van der Waals surface area contributed by atoms with Crippen LogP contribution in [-0.2, 0) is 33.2 Å². The predicted octanol–water partition coefficient (Wildman–Crippen LogP) is 4.84. The average molecular weight is 924 g/mol. The van der Waals surface area contributed by atoms with E-state index in [1.54, 1.807) is 18.2 Å². The normalized spacial score (nSPS) is 15.0. The number of hydrogen-bond acceptors (Lipinski definition) is 13. The van der Waals surface area contributed by atoms with E-state index in [9.17, 15) is 9.59 Å². The number of likely N-dealkylation sites (N-methyl/N-ethyl adjacent to an activating group) is 2. The van der Waals surface area contributed by atoms with Crippen molar-refractivity contribution in [3.05, 3.63) is 65.5 Å². The molecule has 0 aromatic heterocycles. The third-order valence-electron chi connectivity index (χ3n) is 11.7. The summed E-state index contributed by atoms with van der Waals surface area (Å²) in [5, 5.41) is 4.90. The van der Waals surface area contributed by atoms with Crippen LogP contribution in [-0.4, -0.2) is 180 Å². The minimum absolute atomic E-state index is 0.272. The summed E-state index contributed by atoms with van der Waals surface area (Å²) in [6.07, 6.45) is 4.43. The Morgan fingerprint density at radius 1 is 0.677 bits per heavy atom. The Labute approximate surface area is 388 Å². The minimum atomic E-state index is -0.272. The number of nitrogens with one attached hydrogen (secondary N) is 1. The number of carbonyl (C=O) groups excluding carboxylic acids is 2. The summed E-state index contributed by atoms with van der Waals surface area (Å²) < 4.78 is 48.2. The van der Waals surface area contributed by atoms with Gasteiger partial charge in [-0.15, -0.1) is 11.6 Å². The quantitative estimate of drug-likeness (QED) is 0.0262. The van der Waals surface area contributed by atoms with Crippen LogP contribution >= 0.6 is 11.6 Å². The van der Waals surface area contributed by atoms with Gasteiger partial charge in [0.2, 0.25) is 5.36 Å². The Bertz CT molecular complexity index is 2080. The molecule has 0 atom stereocenters. The highest BCUT2D eigenvalue weighted by molar-refractivity contribution is 6.17. The highest BCUT2D eigenvalue weighted by Gasteiger charge is 2.25. The zero-order valence-electron chi connectivity index (χ0n) is 38.4. The molecule has 2 aromatic carbocycles. The molecule has 0 unspecified atom stereocenters. The number of hydrogen-bond donors (Lipinski definition) is 1. The molecule has 6 rings (SSSR count). The number of unbranched alkanes of at least 4 members (excludes halogenated alkanes) is 3. The number of nitrogens with zero attached hydrogens (tertiary/aromatic N) is 4. The summed E-state index contributed by atoms with van der Waals surface area (Å²) in [6, 6.07) is 17.7. The van der Waals surface area contributed by atoms with Crippen LogP contribution < -0.4 is 24.9 Å². The second-order valence-electron chi connectivity index (χ2n) is 16.4. The zero-order valence-corrected chi connectivity index (χ0v) is 39.2. The molecule has 0 saturated carbocycles. The Morgan fingerprint density at radius 2 is 1.29 bits per heavy atom. The number of benzene rings is 3. The first-order valence-electron chi connectivity index (χ1n) is 23.2. The highest BCUT2D eigenvalue weighted by atomic mass is 35.5. The maximum Gasteiger partial charge on any atom is 0.298 e. The molecule has 1 amide bonds. The van der Waals surface area contributed by atoms with Crippen LogP contribution in [0, 0.1) is 0 Å². The summed E-state index contributed by atoms with van der Waals surface area (Å²) in [4.78, 5) is 32.4. The summed E-state index contributed by atoms with van der Waals surface area (Å²) in [7, 11) is 4.29. The molecule has 0 radical (unpaired) electrons. The van der Waals surface area contributed by atoms with E-state index in [0.29, 0.717) is 114 Å². The van der Waals surface area contributed by atoms with Gasteiger partial charge in [0, 0.05) is 90.7 Å². The van der Waals surface area contributed by atoms with Crippen LogP contribution in [0.3, 0.4) is 0 Å². The molecular formula is C49H69ClN5O10+. The molecule has 3 aliphatic heterocycles. The SMILES string of the molecule is CN1CCN(c2ccc3c(-c4cc(C(=O)NCCOCCOCCOCCOCCOCCOCCCCCCCl)ccc4OC=O)c4ccc(=[N+]5CCN(C)CC5)cc-4oc3c2)CC1. The van der Waals surface area contributed by atoms with Crippen LogP contribution in [0.25, 0.3) is 33.4 Å². The third-order valence-corrected chi connectivity index (χ3v) is 11.9. The summed E-state index contributed by atoms with van der Waals surface area (Å²) in [5.41, 5.74) is 4.50. The molecule has 2 fully saturated rings. The molecule has 0 bridgehead atoms. The van der Waals surface area contributed by atoms with Gasteiger partial charge >= 0.3 is 0 Å². The second-order valence-corrected chi connectivity index (χ2v) is 16.8. The van der Waals surface area contributed by atoms with Crippen molar-refractivity contribution in [2.24, 2.45) is 0 Å². The van der Waals surface area contributed by atoms with Crippen LogP contribution in [0.5, 0.6) is 5.75 Å². The predicted molar refractivity (Wildman–Crippen MR) is 254 cm³/mol. The third kappa shape index (κ3) is 16.0. The van der Waals surface area contributed by atoms with Gasteiger partial charge in [0.05, 0.1) is 91.8 Å². The van der Waals surface area contributed by atoms with E-state index in [-0.39, 0.29) is 5.91 Å². The molecule has 65 heavy (non-hydrogen) atoms. The van der Waals surface area contributed by atoms with Crippen molar-refractivity contribution in [2.75, 3.05) is 163 Å². The van der Waals surface area contributed by atoms with Gasteiger partial charge in [-0.1, -0.05) is 12.8 Å². The van der Waals surface area contributed by atoms with Gasteiger partial charge in [-0.25, -0.2) is 4.58 Å². The van der Waals surface area contributed by atoms with Crippen molar-refractivity contribution in [3.63, 3.8) is 0 Å². The Hall–Kier alpha value is -4.16. The lowest BCUT2D eigenvalue weighted by Gasteiger charge is -2.34. The van der Waals surface area contributed by atoms with Crippen molar-refractivity contribution in [1.29, 1.82) is 0 Å². The lowest BCUT2D eigenvalue weighted by atomic mass is 9.91. The first kappa shape index (κ1) is 50.3. The molecule has 1 N–H and O–H groups in total. The van der Waals surface area contributed by atoms with Crippen LogP contribution in [0.2, 0.25) is 0 Å². The number of carbonyl (C=O) groups is 2. The standard InChI is InChI=1S/C49H68ClN5O10/c1-52-15-19-54(20-16-52)40-8-10-42-46(36-40)65-47-37-41(55-21-17-53(2)18-22-55)9-11-43(47)48(42)44-35-39(7-12-45(44)64-38-56)49(57)51-14-24-59-26-28-61-30-32-63-34-33-62-31-29-60-27-25-58-23-6-4-3-5-13-50/h7-12,35-38H,3-6,13-34H2,1-2H3/p+1. The lowest BCUT2D eigenvalue weighted by molar-refractivity contribution is -0.120. The number of amides is 1. The van der Waals surface area contributed by atoms with E-state index in [4.69, 9.17) is 49.2 Å². The van der Waals surface area contributed by atoms with Gasteiger partial charge in [-0.05, 0) is 63.3 Å². The van der Waals surface area contributed by atoms with Crippen molar-refractivity contribution in [2.45, 2.75) is 25.7 Å². The lowest BCUT2D eigenvalue weighted by Crippen LogP contribution is -2.46. The van der Waals surface area contributed by atoms with E-state index < -0.39 is 0 Å². The van der Waals surface area contributed by atoms with Gasteiger partial charge in [0.15, 0.2) is 13.1 Å². The summed E-state index contributed by atoms with van der Waals surface area (Å²) in [6.45, 7) is 14.2. The number of anilines is 1. The van der Waals surface area contributed by atoms with Gasteiger partial charge in [-0.3, -0.25) is 14.5 Å². The highest BCUT2D eigenvalue weighted by Crippen LogP contribution is 2.44. The molecule has 2 aromatic rings. The minimum Gasteiger partial charge on any atom is -0.456 e. The van der Waals surface area contributed by atoms with Crippen molar-refractivity contribution in [1.82, 2.24) is 19.7 Å². The fourth-order valence-corrected chi connectivity index (χ4v) is 8.08. The topological polar surface area (TPSA) is 137 Å². The number of alkyl halides is 1. The molecule has 16 heteroatoms. The fraction of sp³-hybridized carbons (Fsp3) is 0.571. The molecule has 3 heterocycles. The van der Waals surface area contributed by atoms with Gasteiger partial charge in [0.25, 0.3) is 12.4 Å². The number of ether oxygens (including phenoxy) is 7. The van der Waals surface area contributed by atoms with Crippen LogP contribution in [0.4, 0.5) is 5.69 Å². The number of halogens is 1. The van der Waals surface area contributed by atoms with Gasteiger partial charge in [0.1, 0.15) is 17.1 Å². The van der Waals surface area contributed by atoms with Crippen LogP contribution in [0.1, 0.15) is 36.0 Å². The van der Waals surface area contributed by atoms with Crippen molar-refractivity contribution >= 4 is 40.6 Å². The van der Waals surface area contributed by atoms with E-state index in [0.717, 1.165) is 118 Å². The second kappa shape index (κ2) is 28.1. The summed E-state index contributed by atoms with van der Waals surface area (Å²) in [5.74, 6) is 1.51. The van der Waals surface area contributed by atoms with Gasteiger partial charge < -0.3 is 52.7 Å². The average Bonchev–Trinajstić information content (AvgIpc) is 3.32. The fourth-order valence-electron chi connectivity index (χ4n) is 7.89. The largest absolute Gasteiger partial charge is 0.456 e. The van der Waals surface area contributed by atoms with E-state index >= 15 is 0 Å². The van der Waals surface area contributed by atoms with Crippen molar-refractivity contribution < 1.29 is 47.2 Å². The van der Waals surface area contributed by atoms with Crippen LogP contribution in [0.15, 0.2) is 59.0 Å². The maximum atomic E-state index is 13.6. The number of piperazine rings is 2. The monoisotopic (exact) mass is 922 g/mol. The molecule has 2 saturated heterocycles. The smallest absolute Gasteiger partial charge is 0.298 e. The summed E-state index contributed by atoms with van der Waals surface area (Å²) >= 11 is 5.69. The molecule has 15 nitrogen and oxygen atoms in total. The molecular weight excluding hydrogens is 854 g/mol. The number of fused-ring (bicyclic) bond motifs is 2. The first-order valence-corrected chi connectivity index (χ1v) is 23.7. The van der Waals surface area contributed by atoms with E-state index in [1.165, 1.54) is 0 Å². The molecule has 356 valence electrons. The molecule has 1 aliphatic carbocycles. The van der Waals surface area contributed by atoms with Crippen molar-refractivity contribution in [3.8, 4) is 28.2 Å².